The third-order valence-electron chi connectivity index (χ3n) is 3.58. The molecule has 4 nitrogen and oxygen atoms in total. The molecule has 1 saturated heterocycles. The lowest BCUT2D eigenvalue weighted by Crippen LogP contribution is -2.46. The van der Waals surface area contributed by atoms with Gasteiger partial charge >= 0.3 is 0 Å². The van der Waals surface area contributed by atoms with Crippen LogP contribution in [-0.2, 0) is 0 Å². The summed E-state index contributed by atoms with van der Waals surface area (Å²) in [6.07, 6.45) is 2.22. The highest BCUT2D eigenvalue weighted by atomic mass is 16.1. The lowest BCUT2D eigenvalue weighted by Gasteiger charge is -2.30. The van der Waals surface area contributed by atoms with E-state index in [-0.39, 0.29) is 11.9 Å². The minimum atomic E-state index is 0.0315. The average Bonchev–Trinajstić information content (AvgIpc) is 2.39. The van der Waals surface area contributed by atoms with Crippen molar-refractivity contribution >= 4 is 11.6 Å². The van der Waals surface area contributed by atoms with Gasteiger partial charge in [0.2, 0.25) is 0 Å². The van der Waals surface area contributed by atoms with Gasteiger partial charge in [-0.25, -0.2) is 0 Å². The maximum atomic E-state index is 12.2. The van der Waals surface area contributed by atoms with Crippen molar-refractivity contribution in [3.8, 4) is 0 Å². The van der Waals surface area contributed by atoms with E-state index in [1.54, 1.807) is 0 Å². The molecule has 1 aliphatic heterocycles. The number of nitrogens with one attached hydrogen (secondary N) is 1. The number of benzene rings is 1. The highest BCUT2D eigenvalue weighted by molar-refractivity contribution is 5.95. The molecule has 0 spiro atoms. The Labute approximate surface area is 115 Å². The number of amides is 1. The largest absolute Gasteiger partial charge is 0.378 e. The van der Waals surface area contributed by atoms with E-state index in [9.17, 15) is 4.79 Å². The second-order valence-corrected chi connectivity index (χ2v) is 5.52. The Morgan fingerprint density at radius 2 is 2.21 bits per heavy atom. The Hall–Kier alpha value is -1.55. The molecule has 1 atom stereocenters. The molecule has 0 saturated carbocycles. The van der Waals surface area contributed by atoms with E-state index in [1.165, 1.54) is 0 Å². The monoisotopic (exact) mass is 261 g/mol. The van der Waals surface area contributed by atoms with Gasteiger partial charge in [-0.2, -0.15) is 0 Å². The van der Waals surface area contributed by atoms with Crippen LogP contribution in [0.4, 0.5) is 5.69 Å². The summed E-state index contributed by atoms with van der Waals surface area (Å²) >= 11 is 0. The molecule has 0 bridgehead atoms. The van der Waals surface area contributed by atoms with Crippen LogP contribution >= 0.6 is 0 Å². The third kappa shape index (κ3) is 3.70. The molecular formula is C15H23N3O. The van der Waals surface area contributed by atoms with Crippen molar-refractivity contribution in [2.75, 3.05) is 39.1 Å². The Balaban J connectivity index is 2.01. The van der Waals surface area contributed by atoms with Crippen LogP contribution in [0.15, 0.2) is 24.3 Å². The highest BCUT2D eigenvalue weighted by Gasteiger charge is 2.19. The number of hydrogen-bond donors (Lipinski definition) is 1. The Bertz CT molecular complexity index is 445. The highest BCUT2D eigenvalue weighted by Crippen LogP contribution is 2.14. The molecule has 1 aromatic rings. The molecular weight excluding hydrogens is 238 g/mol. The first-order chi connectivity index (χ1) is 9.06. The second-order valence-electron chi connectivity index (χ2n) is 5.52. The van der Waals surface area contributed by atoms with Crippen LogP contribution in [0.25, 0.3) is 0 Å². The van der Waals surface area contributed by atoms with Crippen LogP contribution < -0.4 is 10.2 Å². The fraction of sp³-hybridized carbons (Fsp3) is 0.533. The molecule has 1 unspecified atom stereocenters. The summed E-state index contributed by atoms with van der Waals surface area (Å²) < 4.78 is 0. The lowest BCUT2D eigenvalue weighted by atomic mass is 10.1. The number of rotatable bonds is 3. The van der Waals surface area contributed by atoms with Gasteiger partial charge in [-0.3, -0.25) is 4.79 Å². The molecule has 4 heteroatoms. The maximum absolute atomic E-state index is 12.2. The van der Waals surface area contributed by atoms with Gasteiger partial charge in [0.15, 0.2) is 0 Å². The van der Waals surface area contributed by atoms with E-state index in [1.807, 2.05) is 43.3 Å². The SMILES string of the molecule is CN1CCCC(NC(=O)c2cccc(N(C)C)c2)C1. The number of nitrogens with zero attached hydrogens (tertiary/aromatic N) is 2. The average molecular weight is 261 g/mol. The fourth-order valence-electron chi connectivity index (χ4n) is 2.48. The molecule has 0 aliphatic carbocycles. The summed E-state index contributed by atoms with van der Waals surface area (Å²) in [6, 6.07) is 8.01. The number of likely N-dealkylation sites (N-methyl/N-ethyl adjacent to an activating group) is 1. The quantitative estimate of drug-likeness (QED) is 0.897. The summed E-state index contributed by atoms with van der Waals surface area (Å²) in [5, 5.41) is 3.13. The number of anilines is 1. The van der Waals surface area contributed by atoms with Gasteiger partial charge in [0.25, 0.3) is 5.91 Å². The smallest absolute Gasteiger partial charge is 0.251 e. The minimum absolute atomic E-state index is 0.0315. The normalized spacial score (nSPS) is 20.1. The lowest BCUT2D eigenvalue weighted by molar-refractivity contribution is 0.0912. The first-order valence-electron chi connectivity index (χ1n) is 6.83. The molecule has 19 heavy (non-hydrogen) atoms. The zero-order valence-corrected chi connectivity index (χ0v) is 12.0. The fourth-order valence-corrected chi connectivity index (χ4v) is 2.48. The van der Waals surface area contributed by atoms with Crippen molar-refractivity contribution in [3.63, 3.8) is 0 Å². The standard InChI is InChI=1S/C15H23N3O/c1-17(2)14-8-4-6-12(10-14)15(19)16-13-7-5-9-18(3)11-13/h4,6,8,10,13H,5,7,9,11H2,1-3H3,(H,16,19). The van der Waals surface area contributed by atoms with Crippen molar-refractivity contribution in [1.29, 1.82) is 0 Å². The van der Waals surface area contributed by atoms with Gasteiger partial charge in [-0.15, -0.1) is 0 Å². The first kappa shape index (κ1) is 13.9. The van der Waals surface area contributed by atoms with Crippen LogP contribution in [0.3, 0.4) is 0 Å². The molecule has 0 aromatic heterocycles. The summed E-state index contributed by atoms with van der Waals surface area (Å²) in [4.78, 5) is 16.5. The van der Waals surface area contributed by atoms with Crippen molar-refractivity contribution in [3.05, 3.63) is 29.8 Å². The molecule has 0 radical (unpaired) electrons. The summed E-state index contributed by atoms with van der Waals surface area (Å²) in [6.45, 7) is 2.07. The molecule has 2 rings (SSSR count). The van der Waals surface area contributed by atoms with Crippen LogP contribution in [-0.4, -0.2) is 51.1 Å². The van der Waals surface area contributed by atoms with Crippen LogP contribution in [0, 0.1) is 0 Å². The first-order valence-corrected chi connectivity index (χ1v) is 6.83. The molecule has 1 N–H and O–H groups in total. The van der Waals surface area contributed by atoms with Crippen molar-refractivity contribution in [2.45, 2.75) is 18.9 Å². The number of carbonyl (C=O) groups is 1. The molecule has 1 heterocycles. The Morgan fingerprint density at radius 3 is 2.89 bits per heavy atom. The molecule has 1 aliphatic rings. The third-order valence-corrected chi connectivity index (χ3v) is 3.58. The van der Waals surface area contributed by atoms with Gasteiger partial charge in [0, 0.05) is 37.9 Å². The summed E-state index contributed by atoms with van der Waals surface area (Å²) in [7, 11) is 6.06. The molecule has 1 amide bonds. The van der Waals surface area contributed by atoms with E-state index in [0.717, 1.165) is 37.2 Å². The molecule has 1 fully saturated rings. The van der Waals surface area contributed by atoms with Gasteiger partial charge < -0.3 is 15.1 Å². The predicted octanol–water partition coefficient (Wildman–Crippen LogP) is 1.58. The van der Waals surface area contributed by atoms with Gasteiger partial charge in [-0.1, -0.05) is 6.07 Å². The zero-order valence-electron chi connectivity index (χ0n) is 12.0. The Kier molecular flexibility index (Phi) is 4.43. The van der Waals surface area contributed by atoms with E-state index in [2.05, 4.69) is 17.3 Å². The number of hydrogen-bond acceptors (Lipinski definition) is 3. The zero-order chi connectivity index (χ0) is 13.8. The predicted molar refractivity (Wildman–Crippen MR) is 78.8 cm³/mol. The van der Waals surface area contributed by atoms with Gasteiger partial charge in [-0.05, 0) is 44.6 Å². The van der Waals surface area contributed by atoms with E-state index >= 15 is 0 Å². The second kappa shape index (κ2) is 6.06. The van der Waals surface area contributed by atoms with Crippen molar-refractivity contribution < 1.29 is 4.79 Å². The van der Waals surface area contributed by atoms with E-state index in [0.29, 0.717) is 0 Å². The topological polar surface area (TPSA) is 35.6 Å². The van der Waals surface area contributed by atoms with Crippen LogP contribution in [0.2, 0.25) is 0 Å². The van der Waals surface area contributed by atoms with Crippen LogP contribution in [0.5, 0.6) is 0 Å². The van der Waals surface area contributed by atoms with E-state index in [4.69, 9.17) is 0 Å². The molecule has 1 aromatic carbocycles. The molecule has 104 valence electrons. The maximum Gasteiger partial charge on any atom is 0.251 e. The van der Waals surface area contributed by atoms with Crippen LogP contribution in [0.1, 0.15) is 23.2 Å². The summed E-state index contributed by atoms with van der Waals surface area (Å²) in [5.74, 6) is 0.0315. The number of likely N-dealkylation sites (tertiary alicyclic amines) is 1. The van der Waals surface area contributed by atoms with Crippen molar-refractivity contribution in [2.24, 2.45) is 0 Å². The van der Waals surface area contributed by atoms with Crippen molar-refractivity contribution in [1.82, 2.24) is 10.2 Å². The van der Waals surface area contributed by atoms with Gasteiger partial charge in [0.05, 0.1) is 0 Å². The van der Waals surface area contributed by atoms with E-state index < -0.39 is 0 Å². The minimum Gasteiger partial charge on any atom is -0.378 e. The van der Waals surface area contributed by atoms with Gasteiger partial charge in [0.1, 0.15) is 0 Å². The number of carbonyl (C=O) groups excluding carboxylic acids is 1. The number of piperidine rings is 1. The summed E-state index contributed by atoms with van der Waals surface area (Å²) in [5.41, 5.74) is 1.79. The Morgan fingerprint density at radius 1 is 1.42 bits per heavy atom.